The standard InChI is InChI=1S/C20H18BrFN2O3/c1-11(2)10-24-16-6-4-3-5-13(16)18(25)17(20(24)27)19(26)23-12-7-8-15(22)14(21)9-12/h3-9,11,25H,10H2,1-2H3,(H,23,26). The molecular formula is C20H18BrFN2O3. The molecule has 27 heavy (non-hydrogen) atoms. The number of halogens is 2. The number of carbonyl (C=O) groups is 1. The van der Waals surface area contributed by atoms with E-state index in [4.69, 9.17) is 0 Å². The van der Waals surface area contributed by atoms with Crippen molar-refractivity contribution in [2.75, 3.05) is 5.32 Å². The van der Waals surface area contributed by atoms with E-state index in [1.807, 2.05) is 13.8 Å². The van der Waals surface area contributed by atoms with Gasteiger partial charge in [0.25, 0.3) is 11.5 Å². The van der Waals surface area contributed by atoms with Crippen molar-refractivity contribution < 1.29 is 14.3 Å². The summed E-state index contributed by atoms with van der Waals surface area (Å²) >= 11 is 3.05. The molecule has 0 aliphatic heterocycles. The lowest BCUT2D eigenvalue weighted by atomic mass is 10.1. The van der Waals surface area contributed by atoms with E-state index in [-0.39, 0.29) is 21.7 Å². The molecule has 2 N–H and O–H groups in total. The number of nitrogens with one attached hydrogen (secondary N) is 1. The van der Waals surface area contributed by atoms with Crippen molar-refractivity contribution in [3.05, 3.63) is 68.7 Å². The third kappa shape index (κ3) is 3.73. The number of pyridine rings is 1. The second kappa shape index (κ2) is 7.52. The Bertz CT molecular complexity index is 1090. The van der Waals surface area contributed by atoms with E-state index in [9.17, 15) is 19.1 Å². The molecule has 7 heteroatoms. The number of hydrogen-bond acceptors (Lipinski definition) is 3. The zero-order valence-electron chi connectivity index (χ0n) is 14.8. The van der Waals surface area contributed by atoms with Crippen LogP contribution in [0.3, 0.4) is 0 Å². The minimum absolute atomic E-state index is 0.166. The van der Waals surface area contributed by atoms with Gasteiger partial charge in [-0.1, -0.05) is 26.0 Å². The zero-order chi connectivity index (χ0) is 19.7. The molecule has 0 aliphatic rings. The smallest absolute Gasteiger partial charge is 0.267 e. The molecule has 0 aliphatic carbocycles. The Labute approximate surface area is 163 Å². The fraction of sp³-hybridized carbons (Fsp3) is 0.200. The van der Waals surface area contributed by atoms with Gasteiger partial charge in [0.15, 0.2) is 0 Å². The van der Waals surface area contributed by atoms with E-state index < -0.39 is 17.3 Å². The summed E-state index contributed by atoms with van der Waals surface area (Å²) in [5.41, 5.74) is -0.0428. The first-order valence-corrected chi connectivity index (χ1v) is 9.19. The number of anilines is 1. The van der Waals surface area contributed by atoms with Crippen LogP contribution >= 0.6 is 15.9 Å². The van der Waals surface area contributed by atoms with Crippen LogP contribution in [0.4, 0.5) is 10.1 Å². The summed E-state index contributed by atoms with van der Waals surface area (Å²) in [5.74, 6) is -1.42. The maximum Gasteiger partial charge on any atom is 0.267 e. The van der Waals surface area contributed by atoms with Crippen molar-refractivity contribution in [2.45, 2.75) is 20.4 Å². The first-order chi connectivity index (χ1) is 12.8. The molecular weight excluding hydrogens is 415 g/mol. The highest BCUT2D eigenvalue weighted by molar-refractivity contribution is 9.10. The molecule has 1 aromatic heterocycles. The van der Waals surface area contributed by atoms with Gasteiger partial charge < -0.3 is 15.0 Å². The summed E-state index contributed by atoms with van der Waals surface area (Å²) in [7, 11) is 0. The van der Waals surface area contributed by atoms with Crippen molar-refractivity contribution >= 4 is 38.4 Å². The third-order valence-corrected chi connectivity index (χ3v) is 4.71. The summed E-state index contributed by atoms with van der Waals surface area (Å²) in [5, 5.41) is 13.6. The van der Waals surface area contributed by atoms with Crippen LogP contribution in [0.5, 0.6) is 5.75 Å². The van der Waals surface area contributed by atoms with Crippen molar-refractivity contribution in [2.24, 2.45) is 5.92 Å². The lowest BCUT2D eigenvalue weighted by molar-refractivity contribution is 0.102. The summed E-state index contributed by atoms with van der Waals surface area (Å²) in [6, 6.07) is 10.8. The highest BCUT2D eigenvalue weighted by atomic mass is 79.9. The predicted octanol–water partition coefficient (Wildman–Crippen LogP) is 4.52. The molecule has 0 unspecified atom stereocenters. The predicted molar refractivity (Wildman–Crippen MR) is 107 cm³/mol. The summed E-state index contributed by atoms with van der Waals surface area (Å²) in [6.07, 6.45) is 0. The molecule has 0 atom stereocenters. The van der Waals surface area contributed by atoms with Crippen LogP contribution in [0.2, 0.25) is 0 Å². The van der Waals surface area contributed by atoms with Gasteiger partial charge in [-0.05, 0) is 52.2 Å². The van der Waals surface area contributed by atoms with E-state index >= 15 is 0 Å². The monoisotopic (exact) mass is 432 g/mol. The fourth-order valence-electron chi connectivity index (χ4n) is 2.91. The van der Waals surface area contributed by atoms with Crippen LogP contribution in [0.25, 0.3) is 10.9 Å². The molecule has 0 saturated heterocycles. The van der Waals surface area contributed by atoms with Crippen molar-refractivity contribution in [1.82, 2.24) is 4.57 Å². The Morgan fingerprint density at radius 3 is 2.63 bits per heavy atom. The van der Waals surface area contributed by atoms with Crippen molar-refractivity contribution in [1.29, 1.82) is 0 Å². The first-order valence-electron chi connectivity index (χ1n) is 8.40. The van der Waals surface area contributed by atoms with Gasteiger partial charge in [-0.25, -0.2) is 4.39 Å². The second-order valence-corrected chi connectivity index (χ2v) is 7.49. The highest BCUT2D eigenvalue weighted by Crippen LogP contribution is 2.28. The third-order valence-electron chi connectivity index (χ3n) is 4.10. The van der Waals surface area contributed by atoms with Gasteiger partial charge in [0.2, 0.25) is 0 Å². The van der Waals surface area contributed by atoms with Crippen LogP contribution < -0.4 is 10.9 Å². The number of para-hydroxylation sites is 1. The van der Waals surface area contributed by atoms with E-state index in [1.165, 1.54) is 22.8 Å². The van der Waals surface area contributed by atoms with Gasteiger partial charge in [-0.2, -0.15) is 0 Å². The fourth-order valence-corrected chi connectivity index (χ4v) is 3.29. The van der Waals surface area contributed by atoms with E-state index in [1.54, 1.807) is 24.3 Å². The molecule has 5 nitrogen and oxygen atoms in total. The average molecular weight is 433 g/mol. The molecule has 0 fully saturated rings. The lowest BCUT2D eigenvalue weighted by Gasteiger charge is -2.16. The molecule has 0 spiro atoms. The number of amides is 1. The topological polar surface area (TPSA) is 71.3 Å². The summed E-state index contributed by atoms with van der Waals surface area (Å²) in [4.78, 5) is 25.7. The number of nitrogens with zero attached hydrogens (tertiary/aromatic N) is 1. The molecule has 0 bridgehead atoms. The molecule has 1 heterocycles. The molecule has 0 saturated carbocycles. The molecule has 140 valence electrons. The Morgan fingerprint density at radius 1 is 1.26 bits per heavy atom. The highest BCUT2D eigenvalue weighted by Gasteiger charge is 2.22. The molecule has 3 rings (SSSR count). The Kier molecular flexibility index (Phi) is 5.32. The molecule has 3 aromatic rings. The minimum atomic E-state index is -0.751. The zero-order valence-corrected chi connectivity index (χ0v) is 16.4. The summed E-state index contributed by atoms with van der Waals surface area (Å²) in [6.45, 7) is 4.33. The number of carbonyl (C=O) groups excluding carboxylic acids is 1. The number of fused-ring (bicyclic) bond motifs is 1. The number of hydrogen-bond donors (Lipinski definition) is 2. The largest absolute Gasteiger partial charge is 0.506 e. The normalized spacial score (nSPS) is 11.1. The Balaban J connectivity index is 2.14. The number of rotatable bonds is 4. The van der Waals surface area contributed by atoms with E-state index in [2.05, 4.69) is 21.2 Å². The number of aromatic hydroxyl groups is 1. The maximum absolute atomic E-state index is 13.4. The number of aromatic nitrogens is 1. The van der Waals surface area contributed by atoms with Crippen LogP contribution in [0.15, 0.2) is 51.7 Å². The van der Waals surface area contributed by atoms with Crippen LogP contribution in [0, 0.1) is 11.7 Å². The van der Waals surface area contributed by atoms with Gasteiger partial charge in [0, 0.05) is 17.6 Å². The van der Waals surface area contributed by atoms with Gasteiger partial charge in [-0.3, -0.25) is 9.59 Å². The van der Waals surface area contributed by atoms with Crippen molar-refractivity contribution in [3.8, 4) is 5.75 Å². The van der Waals surface area contributed by atoms with Crippen molar-refractivity contribution in [3.63, 3.8) is 0 Å². The second-order valence-electron chi connectivity index (χ2n) is 6.63. The van der Waals surface area contributed by atoms with Gasteiger partial charge in [0.05, 0.1) is 9.99 Å². The average Bonchev–Trinajstić information content (AvgIpc) is 2.62. The van der Waals surface area contributed by atoms with E-state index in [0.717, 1.165) is 0 Å². The Hall–Kier alpha value is -2.67. The SMILES string of the molecule is CC(C)Cn1c(=O)c(C(=O)Nc2ccc(F)c(Br)c2)c(O)c2ccccc21. The Morgan fingerprint density at radius 2 is 1.96 bits per heavy atom. The maximum atomic E-state index is 13.4. The quantitative estimate of drug-likeness (QED) is 0.636. The van der Waals surface area contributed by atoms with Crippen LogP contribution in [0.1, 0.15) is 24.2 Å². The molecule has 1 amide bonds. The molecule has 2 aromatic carbocycles. The summed E-state index contributed by atoms with van der Waals surface area (Å²) < 4.78 is 15.1. The van der Waals surface area contributed by atoms with Gasteiger partial charge >= 0.3 is 0 Å². The van der Waals surface area contributed by atoms with E-state index in [0.29, 0.717) is 23.1 Å². The molecule has 0 radical (unpaired) electrons. The van der Waals surface area contributed by atoms with Crippen LogP contribution in [-0.4, -0.2) is 15.6 Å². The van der Waals surface area contributed by atoms with Gasteiger partial charge in [0.1, 0.15) is 17.1 Å². The lowest BCUT2D eigenvalue weighted by Crippen LogP contribution is -2.31. The first kappa shape index (κ1) is 19.1. The van der Waals surface area contributed by atoms with Crippen LogP contribution in [-0.2, 0) is 6.54 Å². The van der Waals surface area contributed by atoms with Gasteiger partial charge in [-0.15, -0.1) is 0 Å². The number of benzene rings is 2. The minimum Gasteiger partial charge on any atom is -0.506 e.